The summed E-state index contributed by atoms with van der Waals surface area (Å²) in [5.41, 5.74) is 7.42. The summed E-state index contributed by atoms with van der Waals surface area (Å²) >= 11 is 1.56. The molecule has 1 fully saturated rings. The highest BCUT2D eigenvalue weighted by atomic mass is 32.1. The van der Waals surface area contributed by atoms with Crippen molar-refractivity contribution < 1.29 is 13.2 Å². The van der Waals surface area contributed by atoms with Gasteiger partial charge in [-0.3, -0.25) is 4.68 Å². The van der Waals surface area contributed by atoms with Gasteiger partial charge in [-0.1, -0.05) is 12.1 Å². The third-order valence-electron chi connectivity index (χ3n) is 5.58. The highest BCUT2D eigenvalue weighted by Gasteiger charge is 2.31. The fourth-order valence-electron chi connectivity index (χ4n) is 3.88. The Kier molecular flexibility index (Phi) is 4.92. The van der Waals surface area contributed by atoms with Crippen LogP contribution in [0, 0.1) is 0 Å². The topological polar surface area (TPSA) is 76.1 Å². The van der Waals surface area contributed by atoms with E-state index >= 15 is 0 Å². The van der Waals surface area contributed by atoms with Crippen LogP contribution in [-0.2, 0) is 13.2 Å². The molecule has 0 bridgehead atoms. The minimum atomic E-state index is -4.36. The monoisotopic (exact) mass is 459 g/mol. The summed E-state index contributed by atoms with van der Waals surface area (Å²) in [5, 5.41) is 7.13. The first-order valence-corrected chi connectivity index (χ1v) is 10.9. The lowest BCUT2D eigenvalue weighted by Crippen LogP contribution is -2.47. The van der Waals surface area contributed by atoms with Crippen LogP contribution in [-0.4, -0.2) is 45.9 Å². The number of aryl methyl sites for hydroxylation is 1. The Labute approximate surface area is 185 Å². The molecule has 166 valence electrons. The van der Waals surface area contributed by atoms with Crippen molar-refractivity contribution in [3.63, 3.8) is 0 Å². The summed E-state index contributed by atoms with van der Waals surface area (Å²) in [6.45, 7) is 2.27. The number of aromatic nitrogens is 4. The molecule has 4 heterocycles. The van der Waals surface area contributed by atoms with Crippen molar-refractivity contribution >= 4 is 39.8 Å². The number of thiophene rings is 1. The molecule has 0 spiro atoms. The number of fused-ring (bicyclic) bond motifs is 1. The van der Waals surface area contributed by atoms with E-state index in [-0.39, 0.29) is 0 Å². The molecule has 0 saturated carbocycles. The van der Waals surface area contributed by atoms with Crippen LogP contribution >= 0.6 is 11.3 Å². The summed E-state index contributed by atoms with van der Waals surface area (Å²) in [5.74, 6) is 1.05. The van der Waals surface area contributed by atoms with E-state index in [1.54, 1.807) is 29.1 Å². The second-order valence-corrected chi connectivity index (χ2v) is 8.53. The second kappa shape index (κ2) is 7.66. The van der Waals surface area contributed by atoms with Crippen molar-refractivity contribution in [1.82, 2.24) is 19.7 Å². The Morgan fingerprint density at radius 3 is 2.44 bits per heavy atom. The number of benzene rings is 1. The second-order valence-electron chi connectivity index (χ2n) is 7.58. The molecule has 1 aliphatic heterocycles. The Hall–Kier alpha value is -3.34. The lowest BCUT2D eigenvalue weighted by Gasteiger charge is -2.36. The van der Waals surface area contributed by atoms with Gasteiger partial charge in [0.25, 0.3) is 0 Å². The summed E-state index contributed by atoms with van der Waals surface area (Å²) < 4.78 is 40.8. The Bertz CT molecular complexity index is 1260. The van der Waals surface area contributed by atoms with E-state index in [2.05, 4.69) is 10.1 Å². The van der Waals surface area contributed by atoms with Crippen LogP contribution in [0.3, 0.4) is 0 Å². The number of anilines is 3. The van der Waals surface area contributed by atoms with Crippen LogP contribution in [0.15, 0.2) is 41.8 Å². The summed E-state index contributed by atoms with van der Waals surface area (Å²) in [4.78, 5) is 14.4. The first-order valence-electron chi connectivity index (χ1n) is 10.0. The van der Waals surface area contributed by atoms with Gasteiger partial charge in [0.2, 0.25) is 5.95 Å². The SMILES string of the molecule is Cn1nc2nc(N3CCN(c4cccc(C(F)(F)F)c4)CC3)nc(-c3cccs3)c2c1N. The van der Waals surface area contributed by atoms with Gasteiger partial charge < -0.3 is 15.5 Å². The number of nitrogen functional groups attached to an aromatic ring is 1. The van der Waals surface area contributed by atoms with Gasteiger partial charge in [0, 0.05) is 38.9 Å². The zero-order chi connectivity index (χ0) is 22.5. The molecule has 4 aromatic rings. The first-order chi connectivity index (χ1) is 15.3. The maximum atomic E-state index is 13.1. The van der Waals surface area contributed by atoms with Gasteiger partial charge >= 0.3 is 6.18 Å². The molecule has 0 aliphatic carbocycles. The molecule has 0 radical (unpaired) electrons. The van der Waals surface area contributed by atoms with E-state index in [0.717, 1.165) is 22.0 Å². The van der Waals surface area contributed by atoms with Crippen molar-refractivity contribution in [3.05, 3.63) is 47.3 Å². The minimum absolute atomic E-state index is 0.504. The largest absolute Gasteiger partial charge is 0.416 e. The van der Waals surface area contributed by atoms with E-state index in [0.29, 0.717) is 49.3 Å². The first kappa shape index (κ1) is 20.6. The summed E-state index contributed by atoms with van der Waals surface area (Å²) in [6, 6.07) is 9.37. The van der Waals surface area contributed by atoms with Gasteiger partial charge in [-0.15, -0.1) is 11.3 Å². The Balaban J connectivity index is 1.42. The zero-order valence-electron chi connectivity index (χ0n) is 17.2. The van der Waals surface area contributed by atoms with Crippen LogP contribution in [0.1, 0.15) is 5.56 Å². The third-order valence-corrected chi connectivity index (χ3v) is 6.46. The number of piperazine rings is 1. The normalized spacial score (nSPS) is 15.0. The van der Waals surface area contributed by atoms with Crippen molar-refractivity contribution in [2.24, 2.45) is 7.05 Å². The average Bonchev–Trinajstić information content (AvgIpc) is 3.41. The Morgan fingerprint density at radius 1 is 1.00 bits per heavy atom. The predicted octanol–water partition coefficient (Wildman–Crippen LogP) is 4.02. The lowest BCUT2D eigenvalue weighted by atomic mass is 10.1. The number of alkyl halides is 3. The Morgan fingerprint density at radius 2 is 1.75 bits per heavy atom. The molecular weight excluding hydrogens is 439 g/mol. The molecular formula is C21H20F3N7S. The van der Waals surface area contributed by atoms with Crippen LogP contribution < -0.4 is 15.5 Å². The van der Waals surface area contributed by atoms with E-state index in [1.165, 1.54) is 12.1 Å². The quantitative estimate of drug-likeness (QED) is 0.499. The highest BCUT2D eigenvalue weighted by Crippen LogP contribution is 2.35. The van der Waals surface area contributed by atoms with Crippen molar-refractivity contribution in [2.75, 3.05) is 41.7 Å². The standard InChI is InChI=1S/C21H20F3N7S/c1-29-18(25)16-17(15-6-3-11-32-15)26-20(27-19(16)28-29)31-9-7-30(8-10-31)14-5-2-4-13(12-14)21(22,23)24/h2-6,11-12H,7-10,25H2,1H3. The number of nitrogens with zero attached hydrogens (tertiary/aromatic N) is 6. The van der Waals surface area contributed by atoms with Crippen LogP contribution in [0.4, 0.5) is 30.6 Å². The molecule has 0 atom stereocenters. The average molecular weight is 460 g/mol. The fraction of sp³-hybridized carbons (Fsp3) is 0.286. The molecule has 0 unspecified atom stereocenters. The maximum Gasteiger partial charge on any atom is 0.416 e. The van der Waals surface area contributed by atoms with Gasteiger partial charge in [0.15, 0.2) is 5.65 Å². The maximum absolute atomic E-state index is 13.1. The van der Waals surface area contributed by atoms with Crippen molar-refractivity contribution in [1.29, 1.82) is 0 Å². The van der Waals surface area contributed by atoms with Crippen LogP contribution in [0.2, 0.25) is 0 Å². The number of hydrogen-bond acceptors (Lipinski definition) is 7. The molecule has 3 aromatic heterocycles. The smallest absolute Gasteiger partial charge is 0.383 e. The van der Waals surface area contributed by atoms with Crippen LogP contribution in [0.25, 0.3) is 21.6 Å². The van der Waals surface area contributed by atoms with Crippen molar-refractivity contribution in [2.45, 2.75) is 6.18 Å². The van der Waals surface area contributed by atoms with E-state index in [9.17, 15) is 13.2 Å². The predicted molar refractivity (Wildman–Crippen MR) is 120 cm³/mol. The molecule has 0 amide bonds. The van der Waals surface area contributed by atoms with Gasteiger partial charge in [-0.05, 0) is 29.6 Å². The highest BCUT2D eigenvalue weighted by molar-refractivity contribution is 7.13. The number of hydrogen-bond donors (Lipinski definition) is 1. The molecule has 7 nitrogen and oxygen atoms in total. The number of rotatable bonds is 3. The van der Waals surface area contributed by atoms with Crippen LogP contribution in [0.5, 0.6) is 0 Å². The van der Waals surface area contributed by atoms with Gasteiger partial charge in [0.1, 0.15) is 5.82 Å². The lowest BCUT2D eigenvalue weighted by molar-refractivity contribution is -0.137. The molecule has 1 aliphatic rings. The molecule has 5 rings (SSSR count). The third kappa shape index (κ3) is 3.62. The van der Waals surface area contributed by atoms with E-state index in [4.69, 9.17) is 10.7 Å². The minimum Gasteiger partial charge on any atom is -0.383 e. The van der Waals surface area contributed by atoms with Gasteiger partial charge in [-0.25, -0.2) is 4.98 Å². The molecule has 32 heavy (non-hydrogen) atoms. The zero-order valence-corrected chi connectivity index (χ0v) is 18.0. The molecule has 11 heteroatoms. The van der Waals surface area contributed by atoms with Gasteiger partial charge in [0.05, 0.1) is 21.5 Å². The summed E-state index contributed by atoms with van der Waals surface area (Å²) in [6.07, 6.45) is -4.36. The molecule has 1 saturated heterocycles. The summed E-state index contributed by atoms with van der Waals surface area (Å²) in [7, 11) is 1.77. The van der Waals surface area contributed by atoms with Gasteiger partial charge in [-0.2, -0.15) is 23.3 Å². The van der Waals surface area contributed by atoms with Crippen molar-refractivity contribution in [3.8, 4) is 10.6 Å². The fourth-order valence-corrected chi connectivity index (χ4v) is 4.60. The molecule has 2 N–H and O–H groups in total. The number of halogens is 3. The van der Waals surface area contributed by atoms with E-state index in [1.807, 2.05) is 27.3 Å². The number of nitrogens with two attached hydrogens (primary N) is 1. The van der Waals surface area contributed by atoms with E-state index < -0.39 is 11.7 Å². The molecule has 1 aromatic carbocycles.